The number of nitrogens with two attached hydrogens (primary N) is 1. The average Bonchev–Trinajstić information content (AvgIpc) is 2.09. The van der Waals surface area contributed by atoms with E-state index in [0.29, 0.717) is 11.3 Å². The van der Waals surface area contributed by atoms with Crippen LogP contribution in [0.2, 0.25) is 0 Å². The smallest absolute Gasteiger partial charge is 0.144 e. The van der Waals surface area contributed by atoms with Gasteiger partial charge in [-0.15, -0.1) is 0 Å². The van der Waals surface area contributed by atoms with Gasteiger partial charge in [0.15, 0.2) is 0 Å². The van der Waals surface area contributed by atoms with Crippen molar-refractivity contribution in [3.63, 3.8) is 0 Å². The van der Waals surface area contributed by atoms with E-state index < -0.39 is 0 Å². The third kappa shape index (κ3) is 1.47. The van der Waals surface area contributed by atoms with Crippen LogP contribution in [0.5, 0.6) is 5.75 Å². The summed E-state index contributed by atoms with van der Waals surface area (Å²) in [7, 11) is 0. The fourth-order valence-corrected chi connectivity index (χ4v) is 0.936. The van der Waals surface area contributed by atoms with Gasteiger partial charge in [0.2, 0.25) is 0 Å². The summed E-state index contributed by atoms with van der Waals surface area (Å²) < 4.78 is 0. The molecule has 0 fully saturated rings. The van der Waals surface area contributed by atoms with E-state index >= 15 is 0 Å². The number of anilines is 1. The number of para-hydroxylation sites is 1. The van der Waals surface area contributed by atoms with Crippen molar-refractivity contribution in [2.75, 3.05) is 5.43 Å². The highest BCUT2D eigenvalue weighted by Gasteiger charge is 2.03. The predicted octanol–water partition coefficient (Wildman–Crippen LogP) is 0.744. The summed E-state index contributed by atoms with van der Waals surface area (Å²) in [6.45, 7) is 0. The second kappa shape index (κ2) is 3.60. The van der Waals surface area contributed by atoms with Crippen LogP contribution in [0.3, 0.4) is 0 Å². The molecule has 4 nitrogen and oxygen atoms in total. The number of nitrogens with zero attached hydrogens (tertiary/aromatic N) is 1. The molecule has 0 heterocycles. The van der Waals surface area contributed by atoms with Crippen LogP contribution in [0.25, 0.3) is 0 Å². The minimum Gasteiger partial charge on any atom is -0.505 e. The van der Waals surface area contributed by atoms with Crippen LogP contribution in [-0.4, -0.2) is 5.11 Å². The van der Waals surface area contributed by atoms with Crippen LogP contribution in [0.15, 0.2) is 18.2 Å². The van der Waals surface area contributed by atoms with Gasteiger partial charge in [0, 0.05) is 5.56 Å². The van der Waals surface area contributed by atoms with E-state index in [1.807, 2.05) is 6.07 Å². The van der Waals surface area contributed by atoms with E-state index in [2.05, 4.69) is 5.43 Å². The lowest BCUT2D eigenvalue weighted by Gasteiger charge is -2.05. The molecule has 0 amide bonds. The molecule has 12 heavy (non-hydrogen) atoms. The van der Waals surface area contributed by atoms with Crippen molar-refractivity contribution in [1.82, 2.24) is 0 Å². The maximum Gasteiger partial charge on any atom is 0.144 e. The van der Waals surface area contributed by atoms with Crippen molar-refractivity contribution in [2.45, 2.75) is 6.42 Å². The maximum absolute atomic E-state index is 9.43. The van der Waals surface area contributed by atoms with Crippen molar-refractivity contribution in [1.29, 1.82) is 5.26 Å². The molecular formula is C8H9N3O. The van der Waals surface area contributed by atoms with Gasteiger partial charge in [0.25, 0.3) is 0 Å². The first-order chi connectivity index (χ1) is 5.79. The summed E-state index contributed by atoms with van der Waals surface area (Å²) in [5.74, 6) is 5.17. The molecule has 0 aliphatic rings. The standard InChI is InChI=1S/C8H9N3O/c9-5-4-6-2-1-3-7(11-10)8(6)12/h1-3,11-12H,4,10H2. The molecule has 4 heteroatoms. The first-order valence-corrected chi connectivity index (χ1v) is 3.44. The SMILES string of the molecule is N#CCc1cccc(NN)c1O. The average molecular weight is 163 g/mol. The monoisotopic (exact) mass is 163 g/mol. The number of nitriles is 1. The zero-order valence-electron chi connectivity index (χ0n) is 6.41. The summed E-state index contributed by atoms with van der Waals surface area (Å²) in [5.41, 5.74) is 3.34. The Labute approximate surface area is 70.2 Å². The lowest BCUT2D eigenvalue weighted by atomic mass is 10.1. The molecule has 0 bridgehead atoms. The molecule has 0 atom stereocenters. The normalized spacial score (nSPS) is 9.00. The van der Waals surface area contributed by atoms with Crippen molar-refractivity contribution >= 4 is 5.69 Å². The summed E-state index contributed by atoms with van der Waals surface area (Å²) in [5, 5.41) is 17.8. The van der Waals surface area contributed by atoms with E-state index in [4.69, 9.17) is 11.1 Å². The van der Waals surface area contributed by atoms with E-state index in [1.54, 1.807) is 18.2 Å². The van der Waals surface area contributed by atoms with Gasteiger partial charge in [0.1, 0.15) is 5.75 Å². The molecule has 0 radical (unpaired) electrons. The molecule has 1 aromatic rings. The van der Waals surface area contributed by atoms with Gasteiger partial charge in [-0.3, -0.25) is 5.84 Å². The number of phenols is 1. The third-order valence-electron chi connectivity index (χ3n) is 1.54. The number of rotatable bonds is 2. The van der Waals surface area contributed by atoms with E-state index in [0.717, 1.165) is 0 Å². The molecule has 0 unspecified atom stereocenters. The molecule has 62 valence electrons. The van der Waals surface area contributed by atoms with Gasteiger partial charge in [0.05, 0.1) is 18.2 Å². The quantitative estimate of drug-likeness (QED) is 0.341. The molecule has 0 aliphatic heterocycles. The molecule has 0 aromatic heterocycles. The highest BCUT2D eigenvalue weighted by atomic mass is 16.3. The maximum atomic E-state index is 9.43. The number of aromatic hydroxyl groups is 1. The van der Waals surface area contributed by atoms with E-state index in [9.17, 15) is 5.11 Å². The molecule has 1 rings (SSSR count). The Balaban J connectivity index is 3.07. The van der Waals surface area contributed by atoms with Gasteiger partial charge in [-0.2, -0.15) is 5.26 Å². The summed E-state index contributed by atoms with van der Waals surface area (Å²) in [6.07, 6.45) is 0.182. The fourth-order valence-electron chi connectivity index (χ4n) is 0.936. The summed E-state index contributed by atoms with van der Waals surface area (Å²) >= 11 is 0. The molecule has 0 aliphatic carbocycles. The fraction of sp³-hybridized carbons (Fsp3) is 0.125. The van der Waals surface area contributed by atoms with Gasteiger partial charge in [-0.25, -0.2) is 0 Å². The number of benzene rings is 1. The van der Waals surface area contributed by atoms with Crippen molar-refractivity contribution in [3.05, 3.63) is 23.8 Å². The summed E-state index contributed by atoms with van der Waals surface area (Å²) in [4.78, 5) is 0. The molecule has 1 aromatic carbocycles. The van der Waals surface area contributed by atoms with Gasteiger partial charge in [-0.1, -0.05) is 12.1 Å². The van der Waals surface area contributed by atoms with Gasteiger partial charge < -0.3 is 10.5 Å². The Morgan fingerprint density at radius 2 is 2.33 bits per heavy atom. The zero-order chi connectivity index (χ0) is 8.97. The Morgan fingerprint density at radius 1 is 1.58 bits per heavy atom. The molecule has 4 N–H and O–H groups in total. The first kappa shape index (κ1) is 8.37. The number of hydrazine groups is 1. The van der Waals surface area contributed by atoms with E-state index in [-0.39, 0.29) is 12.2 Å². The van der Waals surface area contributed by atoms with Crippen LogP contribution in [-0.2, 0) is 6.42 Å². The van der Waals surface area contributed by atoms with E-state index in [1.165, 1.54) is 0 Å². The molecule has 0 spiro atoms. The lowest BCUT2D eigenvalue weighted by molar-refractivity contribution is 0.472. The number of phenolic OH excluding ortho intramolecular Hbond substituents is 1. The Bertz CT molecular complexity index is 317. The Kier molecular flexibility index (Phi) is 2.51. The van der Waals surface area contributed by atoms with Crippen LogP contribution in [0.4, 0.5) is 5.69 Å². The molecule has 0 saturated heterocycles. The third-order valence-corrected chi connectivity index (χ3v) is 1.54. The first-order valence-electron chi connectivity index (χ1n) is 3.44. The second-order valence-electron chi connectivity index (χ2n) is 2.29. The van der Waals surface area contributed by atoms with Crippen molar-refractivity contribution < 1.29 is 5.11 Å². The van der Waals surface area contributed by atoms with Crippen LogP contribution >= 0.6 is 0 Å². The van der Waals surface area contributed by atoms with Crippen LogP contribution < -0.4 is 11.3 Å². The van der Waals surface area contributed by atoms with Gasteiger partial charge >= 0.3 is 0 Å². The van der Waals surface area contributed by atoms with Crippen LogP contribution in [0.1, 0.15) is 5.56 Å². The van der Waals surface area contributed by atoms with Crippen LogP contribution in [0, 0.1) is 11.3 Å². The highest BCUT2D eigenvalue weighted by molar-refractivity contribution is 5.58. The molecular weight excluding hydrogens is 154 g/mol. The second-order valence-corrected chi connectivity index (χ2v) is 2.29. The number of hydrogen-bond donors (Lipinski definition) is 3. The Morgan fingerprint density at radius 3 is 2.92 bits per heavy atom. The van der Waals surface area contributed by atoms with Gasteiger partial charge in [-0.05, 0) is 6.07 Å². The minimum atomic E-state index is 0.0431. The summed E-state index contributed by atoms with van der Waals surface area (Å²) in [6, 6.07) is 6.99. The number of nitrogens with one attached hydrogen (secondary N) is 1. The largest absolute Gasteiger partial charge is 0.505 e. The predicted molar refractivity (Wildman–Crippen MR) is 45.2 cm³/mol. The lowest BCUT2D eigenvalue weighted by Crippen LogP contribution is -2.07. The van der Waals surface area contributed by atoms with Crippen molar-refractivity contribution in [3.8, 4) is 11.8 Å². The topological polar surface area (TPSA) is 82.1 Å². The highest BCUT2D eigenvalue weighted by Crippen LogP contribution is 2.26. The molecule has 0 saturated carbocycles. The number of nitrogen functional groups attached to an aromatic ring is 1. The van der Waals surface area contributed by atoms with Crippen molar-refractivity contribution in [2.24, 2.45) is 5.84 Å². The number of hydrogen-bond acceptors (Lipinski definition) is 4. The zero-order valence-corrected chi connectivity index (χ0v) is 6.41. The minimum absolute atomic E-state index is 0.0431. The Hall–Kier alpha value is -1.73.